The molecular formula is C10H13NOS. The first-order valence-corrected chi connectivity index (χ1v) is 4.51. The molecule has 0 aromatic heterocycles. The lowest BCUT2D eigenvalue weighted by Crippen LogP contribution is -2.20. The van der Waals surface area contributed by atoms with E-state index in [1.54, 1.807) is 7.05 Å². The van der Waals surface area contributed by atoms with Crippen LogP contribution in [0.25, 0.3) is 0 Å². The summed E-state index contributed by atoms with van der Waals surface area (Å²) < 4.78 is 0. The zero-order chi connectivity index (χ0) is 10.0. The number of nitrogens with zero attached hydrogens (tertiary/aromatic N) is 1. The van der Waals surface area contributed by atoms with Crippen LogP contribution in [0.1, 0.15) is 11.1 Å². The van der Waals surface area contributed by atoms with Gasteiger partial charge in [0.25, 0.3) is 5.24 Å². The number of hydrogen-bond acceptors (Lipinski definition) is 1. The third-order valence-electron chi connectivity index (χ3n) is 2.01. The molecule has 1 aromatic carbocycles. The van der Waals surface area contributed by atoms with E-state index in [1.165, 1.54) is 4.90 Å². The van der Waals surface area contributed by atoms with Gasteiger partial charge in [-0.3, -0.25) is 4.79 Å². The lowest BCUT2D eigenvalue weighted by atomic mass is 10.1. The lowest BCUT2D eigenvalue weighted by molar-refractivity contribution is 0.266. The van der Waals surface area contributed by atoms with E-state index in [2.05, 4.69) is 12.6 Å². The SMILES string of the molecule is Cc1ccc(C)c(N(C)C(=O)S)c1. The molecule has 0 bridgehead atoms. The monoisotopic (exact) mass is 195 g/mol. The fourth-order valence-corrected chi connectivity index (χ4v) is 1.29. The Hall–Kier alpha value is -0.960. The van der Waals surface area contributed by atoms with E-state index >= 15 is 0 Å². The van der Waals surface area contributed by atoms with Crippen LogP contribution in [0.2, 0.25) is 0 Å². The highest BCUT2D eigenvalue weighted by Gasteiger charge is 2.08. The second-order valence-corrected chi connectivity index (χ2v) is 3.51. The molecule has 0 aliphatic heterocycles. The predicted octanol–water partition coefficient (Wildman–Crippen LogP) is 2.79. The van der Waals surface area contributed by atoms with Gasteiger partial charge in [0.1, 0.15) is 0 Å². The quantitative estimate of drug-likeness (QED) is 0.683. The van der Waals surface area contributed by atoms with Gasteiger partial charge in [-0.1, -0.05) is 24.8 Å². The van der Waals surface area contributed by atoms with E-state index in [1.807, 2.05) is 32.0 Å². The van der Waals surface area contributed by atoms with Gasteiger partial charge >= 0.3 is 0 Å². The van der Waals surface area contributed by atoms with Crippen molar-refractivity contribution in [3.63, 3.8) is 0 Å². The van der Waals surface area contributed by atoms with Crippen LogP contribution >= 0.6 is 12.6 Å². The molecule has 3 heteroatoms. The van der Waals surface area contributed by atoms with Crippen molar-refractivity contribution in [2.24, 2.45) is 0 Å². The molecule has 1 rings (SSSR count). The number of benzene rings is 1. The second-order valence-electron chi connectivity index (χ2n) is 3.13. The van der Waals surface area contributed by atoms with Gasteiger partial charge in [0.2, 0.25) is 0 Å². The van der Waals surface area contributed by atoms with Gasteiger partial charge in [-0.2, -0.15) is 0 Å². The number of carbonyl (C=O) groups is 1. The van der Waals surface area contributed by atoms with Crippen LogP contribution in [0.3, 0.4) is 0 Å². The Morgan fingerprint density at radius 3 is 2.54 bits per heavy atom. The van der Waals surface area contributed by atoms with Crippen molar-refractivity contribution in [3.05, 3.63) is 29.3 Å². The molecule has 0 aliphatic carbocycles. The fraction of sp³-hybridized carbons (Fsp3) is 0.300. The predicted molar refractivity (Wildman–Crippen MR) is 58.7 cm³/mol. The highest BCUT2D eigenvalue weighted by Crippen LogP contribution is 2.21. The number of amides is 1. The van der Waals surface area contributed by atoms with Gasteiger partial charge in [-0.05, 0) is 31.0 Å². The van der Waals surface area contributed by atoms with Gasteiger partial charge in [0.15, 0.2) is 0 Å². The molecule has 0 fully saturated rings. The van der Waals surface area contributed by atoms with Crippen LogP contribution in [-0.4, -0.2) is 12.3 Å². The topological polar surface area (TPSA) is 20.3 Å². The first-order valence-electron chi connectivity index (χ1n) is 4.06. The van der Waals surface area contributed by atoms with Gasteiger partial charge in [-0.15, -0.1) is 0 Å². The van der Waals surface area contributed by atoms with Gasteiger partial charge in [-0.25, -0.2) is 0 Å². The standard InChI is InChI=1S/C10H13NOS/c1-7-4-5-8(2)9(6-7)11(3)10(12)13/h4-6H,1-3H3,(H,12,13). The van der Waals surface area contributed by atoms with E-state index in [0.717, 1.165) is 16.8 Å². The first-order chi connectivity index (χ1) is 6.02. The molecule has 0 spiro atoms. The maximum Gasteiger partial charge on any atom is 0.282 e. The van der Waals surface area contributed by atoms with E-state index in [4.69, 9.17) is 0 Å². The molecule has 0 heterocycles. The summed E-state index contributed by atoms with van der Waals surface area (Å²) in [5.74, 6) is 0. The molecule has 0 saturated carbocycles. The number of carbonyl (C=O) groups excluding carboxylic acids is 1. The van der Waals surface area contributed by atoms with Crippen LogP contribution in [-0.2, 0) is 0 Å². The van der Waals surface area contributed by atoms with Crippen LogP contribution in [0.4, 0.5) is 10.5 Å². The van der Waals surface area contributed by atoms with E-state index in [9.17, 15) is 4.79 Å². The van der Waals surface area contributed by atoms with Crippen molar-refractivity contribution in [2.45, 2.75) is 13.8 Å². The van der Waals surface area contributed by atoms with Crippen molar-refractivity contribution in [3.8, 4) is 0 Å². The summed E-state index contributed by atoms with van der Waals surface area (Å²) in [6.07, 6.45) is 0. The largest absolute Gasteiger partial charge is 0.306 e. The molecule has 0 radical (unpaired) electrons. The molecule has 0 saturated heterocycles. The summed E-state index contributed by atoms with van der Waals surface area (Å²) in [5, 5.41) is -0.242. The lowest BCUT2D eigenvalue weighted by Gasteiger charge is -2.17. The average Bonchev–Trinajstić information content (AvgIpc) is 2.08. The molecule has 2 nitrogen and oxygen atoms in total. The number of rotatable bonds is 1. The molecule has 13 heavy (non-hydrogen) atoms. The van der Waals surface area contributed by atoms with E-state index in [0.29, 0.717) is 0 Å². The normalized spacial score (nSPS) is 9.85. The Morgan fingerprint density at radius 1 is 1.38 bits per heavy atom. The fourth-order valence-electron chi connectivity index (χ4n) is 1.18. The number of hydrogen-bond donors (Lipinski definition) is 1. The minimum atomic E-state index is -0.242. The number of aryl methyl sites for hydroxylation is 2. The minimum Gasteiger partial charge on any atom is -0.306 e. The molecule has 1 aromatic rings. The van der Waals surface area contributed by atoms with Crippen LogP contribution < -0.4 is 4.90 Å². The van der Waals surface area contributed by atoms with Gasteiger partial charge in [0.05, 0.1) is 0 Å². The van der Waals surface area contributed by atoms with Crippen molar-refractivity contribution in [2.75, 3.05) is 11.9 Å². The zero-order valence-electron chi connectivity index (χ0n) is 8.03. The summed E-state index contributed by atoms with van der Waals surface area (Å²) in [7, 11) is 1.72. The third kappa shape index (κ3) is 2.25. The Morgan fingerprint density at radius 2 is 2.00 bits per heavy atom. The van der Waals surface area contributed by atoms with Crippen molar-refractivity contribution in [1.29, 1.82) is 0 Å². The van der Waals surface area contributed by atoms with Gasteiger partial charge in [0, 0.05) is 12.7 Å². The Balaban J connectivity index is 3.12. The van der Waals surface area contributed by atoms with Gasteiger partial charge < -0.3 is 4.90 Å². The molecule has 0 aliphatic rings. The Labute approximate surface area is 84.0 Å². The van der Waals surface area contributed by atoms with Crippen molar-refractivity contribution in [1.82, 2.24) is 0 Å². The van der Waals surface area contributed by atoms with E-state index < -0.39 is 0 Å². The summed E-state index contributed by atoms with van der Waals surface area (Å²) in [6, 6.07) is 6.00. The summed E-state index contributed by atoms with van der Waals surface area (Å²) in [6.45, 7) is 3.97. The molecular weight excluding hydrogens is 182 g/mol. The molecule has 1 amide bonds. The van der Waals surface area contributed by atoms with Crippen LogP contribution in [0.15, 0.2) is 18.2 Å². The van der Waals surface area contributed by atoms with Crippen LogP contribution in [0.5, 0.6) is 0 Å². The number of anilines is 1. The molecule has 0 unspecified atom stereocenters. The molecule has 70 valence electrons. The maximum absolute atomic E-state index is 11.0. The van der Waals surface area contributed by atoms with Crippen LogP contribution in [0, 0.1) is 13.8 Å². The maximum atomic E-state index is 11.0. The zero-order valence-corrected chi connectivity index (χ0v) is 8.93. The highest BCUT2D eigenvalue weighted by molar-refractivity contribution is 7.96. The van der Waals surface area contributed by atoms with Crippen molar-refractivity contribution >= 4 is 23.6 Å². The molecule has 0 N–H and O–H groups in total. The van der Waals surface area contributed by atoms with E-state index in [-0.39, 0.29) is 5.24 Å². The summed E-state index contributed by atoms with van der Waals surface area (Å²) in [4.78, 5) is 12.5. The summed E-state index contributed by atoms with van der Waals surface area (Å²) >= 11 is 3.77. The Bertz CT molecular complexity index is 336. The third-order valence-corrected chi connectivity index (χ3v) is 2.31. The second kappa shape index (κ2) is 3.83. The molecule has 0 atom stereocenters. The van der Waals surface area contributed by atoms with Crippen molar-refractivity contribution < 1.29 is 4.79 Å². The highest BCUT2D eigenvalue weighted by atomic mass is 32.1. The number of thiol groups is 1. The average molecular weight is 195 g/mol. The summed E-state index contributed by atoms with van der Waals surface area (Å²) in [5.41, 5.74) is 3.14. The Kier molecular flexibility index (Phi) is 2.98. The smallest absolute Gasteiger partial charge is 0.282 e. The first kappa shape index (κ1) is 10.1. The minimum absolute atomic E-state index is 0.242.